The number of ether oxygens (including phenoxy) is 1. The topological polar surface area (TPSA) is 86.3 Å². The zero-order valence-electron chi connectivity index (χ0n) is 19.1. The van der Waals surface area contributed by atoms with E-state index in [4.69, 9.17) is 4.74 Å². The molecule has 5 aromatic rings. The summed E-state index contributed by atoms with van der Waals surface area (Å²) >= 11 is 0. The van der Waals surface area contributed by atoms with Crippen LogP contribution in [0.2, 0.25) is 0 Å². The number of morpholine rings is 1. The number of hydrogen-bond donors (Lipinski definition) is 0. The van der Waals surface area contributed by atoms with Crippen molar-refractivity contribution in [1.82, 2.24) is 39.5 Å². The summed E-state index contributed by atoms with van der Waals surface area (Å²) in [6.45, 7) is 7.44. The van der Waals surface area contributed by atoms with E-state index in [1.165, 1.54) is 0 Å². The van der Waals surface area contributed by atoms with Gasteiger partial charge in [0.05, 0.1) is 37.2 Å². The molecule has 0 saturated carbocycles. The molecule has 1 aliphatic heterocycles. The van der Waals surface area contributed by atoms with Crippen LogP contribution < -0.4 is 0 Å². The lowest BCUT2D eigenvalue weighted by atomic mass is 10.0. The Morgan fingerprint density at radius 2 is 1.85 bits per heavy atom. The van der Waals surface area contributed by atoms with E-state index in [0.717, 1.165) is 84.2 Å². The molecule has 172 valence electrons. The van der Waals surface area contributed by atoms with E-state index in [-0.39, 0.29) is 0 Å². The van der Waals surface area contributed by atoms with Gasteiger partial charge in [0.1, 0.15) is 0 Å². The van der Waals surface area contributed by atoms with E-state index in [1.807, 2.05) is 40.6 Å². The molecule has 5 heterocycles. The van der Waals surface area contributed by atoms with Gasteiger partial charge in [-0.1, -0.05) is 6.07 Å². The lowest BCUT2D eigenvalue weighted by Crippen LogP contribution is -2.38. The van der Waals surface area contributed by atoms with E-state index in [9.17, 15) is 0 Å². The molecule has 6 rings (SSSR count). The van der Waals surface area contributed by atoms with Crippen molar-refractivity contribution in [2.24, 2.45) is 0 Å². The van der Waals surface area contributed by atoms with Crippen LogP contribution in [0.1, 0.15) is 17.1 Å². The van der Waals surface area contributed by atoms with Crippen molar-refractivity contribution in [2.75, 3.05) is 32.8 Å². The summed E-state index contributed by atoms with van der Waals surface area (Å²) < 4.78 is 9.26. The smallest absolute Gasteiger partial charge is 0.177 e. The van der Waals surface area contributed by atoms with Crippen molar-refractivity contribution in [3.05, 3.63) is 72.1 Å². The van der Waals surface area contributed by atoms with E-state index in [0.29, 0.717) is 6.42 Å². The molecule has 1 saturated heterocycles. The first kappa shape index (κ1) is 20.9. The number of fused-ring (bicyclic) bond motifs is 2. The highest BCUT2D eigenvalue weighted by atomic mass is 16.5. The number of hydrogen-bond acceptors (Lipinski definition) is 7. The van der Waals surface area contributed by atoms with Crippen LogP contribution in [0.25, 0.3) is 27.7 Å². The van der Waals surface area contributed by atoms with Crippen molar-refractivity contribution >= 4 is 16.6 Å². The molecule has 1 fully saturated rings. The molecule has 0 amide bonds. The SMILES string of the molecule is Cc1ccc2nnc(Cc3ccc4ncc(-c5cnn(CCN6CCOCC6)c5)cc4c3)n2n1. The fourth-order valence-corrected chi connectivity index (χ4v) is 4.37. The Morgan fingerprint density at radius 3 is 2.76 bits per heavy atom. The van der Waals surface area contributed by atoms with E-state index >= 15 is 0 Å². The minimum absolute atomic E-state index is 0.650. The van der Waals surface area contributed by atoms with Crippen molar-refractivity contribution < 1.29 is 4.74 Å². The first-order valence-electron chi connectivity index (χ1n) is 11.6. The maximum Gasteiger partial charge on any atom is 0.177 e. The third-order valence-corrected chi connectivity index (χ3v) is 6.28. The average Bonchev–Trinajstić information content (AvgIpc) is 3.50. The number of nitrogens with zero attached hydrogens (tertiary/aromatic N) is 8. The van der Waals surface area contributed by atoms with Crippen LogP contribution in [0.3, 0.4) is 0 Å². The first-order chi connectivity index (χ1) is 16.7. The number of rotatable bonds is 6. The lowest BCUT2D eigenvalue weighted by molar-refractivity contribution is 0.0360. The average molecular weight is 455 g/mol. The van der Waals surface area contributed by atoms with E-state index in [1.54, 1.807) is 0 Å². The quantitative estimate of drug-likeness (QED) is 0.390. The van der Waals surface area contributed by atoms with Gasteiger partial charge in [0.2, 0.25) is 0 Å². The second kappa shape index (κ2) is 8.92. The molecule has 34 heavy (non-hydrogen) atoms. The van der Waals surface area contributed by atoms with Crippen LogP contribution in [-0.2, 0) is 17.7 Å². The summed E-state index contributed by atoms with van der Waals surface area (Å²) in [6, 6.07) is 12.4. The van der Waals surface area contributed by atoms with Crippen LogP contribution in [0.5, 0.6) is 0 Å². The second-order valence-electron chi connectivity index (χ2n) is 8.73. The van der Waals surface area contributed by atoms with Gasteiger partial charge >= 0.3 is 0 Å². The Hall–Kier alpha value is -3.69. The lowest BCUT2D eigenvalue weighted by Gasteiger charge is -2.26. The first-order valence-corrected chi connectivity index (χ1v) is 11.6. The fourth-order valence-electron chi connectivity index (χ4n) is 4.37. The van der Waals surface area contributed by atoms with Crippen LogP contribution in [0, 0.1) is 6.92 Å². The van der Waals surface area contributed by atoms with Crippen LogP contribution >= 0.6 is 0 Å². The highest BCUT2D eigenvalue weighted by molar-refractivity contribution is 5.84. The number of aromatic nitrogens is 7. The zero-order valence-corrected chi connectivity index (χ0v) is 19.1. The molecule has 0 atom stereocenters. The van der Waals surface area contributed by atoms with Crippen molar-refractivity contribution in [2.45, 2.75) is 19.9 Å². The zero-order chi connectivity index (χ0) is 22.9. The minimum Gasteiger partial charge on any atom is -0.379 e. The summed E-state index contributed by atoms with van der Waals surface area (Å²) in [4.78, 5) is 7.10. The van der Waals surface area contributed by atoms with Gasteiger partial charge in [-0.25, -0.2) is 0 Å². The highest BCUT2D eigenvalue weighted by Crippen LogP contribution is 2.24. The minimum atomic E-state index is 0.650. The monoisotopic (exact) mass is 454 g/mol. The van der Waals surface area contributed by atoms with Gasteiger partial charge in [0.25, 0.3) is 0 Å². The molecule has 9 heteroatoms. The Labute approximate surface area is 197 Å². The Bertz CT molecular complexity index is 1450. The molecule has 0 spiro atoms. The van der Waals surface area contributed by atoms with Gasteiger partial charge in [-0.05, 0) is 42.8 Å². The predicted molar refractivity (Wildman–Crippen MR) is 129 cm³/mol. The molecule has 0 radical (unpaired) electrons. The fraction of sp³-hybridized carbons (Fsp3) is 0.320. The standard InChI is InChI=1S/C25H26N8O/c1-18-2-5-24-28-29-25(33(24)30-18)13-19-3-4-23-20(12-19)14-21(15-26-23)22-16-27-32(17-22)7-6-31-8-10-34-11-9-31/h2-5,12,14-17H,6-11,13H2,1H3. The molecule has 0 bridgehead atoms. The van der Waals surface area contributed by atoms with Crippen molar-refractivity contribution in [1.29, 1.82) is 0 Å². The van der Waals surface area contributed by atoms with Crippen LogP contribution in [0.15, 0.2) is 55.0 Å². The maximum absolute atomic E-state index is 5.43. The van der Waals surface area contributed by atoms with Gasteiger partial charge in [-0.2, -0.15) is 14.7 Å². The Morgan fingerprint density at radius 1 is 0.941 bits per heavy atom. The number of aryl methyl sites for hydroxylation is 1. The summed E-state index contributed by atoms with van der Waals surface area (Å²) in [6.07, 6.45) is 6.59. The van der Waals surface area contributed by atoms with Crippen LogP contribution in [0.4, 0.5) is 0 Å². The molecule has 4 aromatic heterocycles. The molecule has 9 nitrogen and oxygen atoms in total. The molecule has 0 N–H and O–H groups in total. The van der Waals surface area contributed by atoms with Gasteiger partial charge in [0, 0.05) is 55.0 Å². The largest absolute Gasteiger partial charge is 0.379 e. The predicted octanol–water partition coefficient (Wildman–Crippen LogP) is 2.77. The molecule has 0 aliphatic carbocycles. The highest BCUT2D eigenvalue weighted by Gasteiger charge is 2.12. The second-order valence-corrected chi connectivity index (χ2v) is 8.73. The summed E-state index contributed by atoms with van der Waals surface area (Å²) in [5, 5.41) is 18.8. The normalized spacial score (nSPS) is 14.9. The van der Waals surface area contributed by atoms with Crippen molar-refractivity contribution in [3.8, 4) is 11.1 Å². The third kappa shape index (κ3) is 4.27. The number of pyridine rings is 1. The maximum atomic E-state index is 5.43. The molecular weight excluding hydrogens is 428 g/mol. The molecule has 1 aromatic carbocycles. The van der Waals surface area contributed by atoms with Gasteiger partial charge < -0.3 is 4.74 Å². The molecule has 1 aliphatic rings. The summed E-state index contributed by atoms with van der Waals surface area (Å²) in [5.74, 6) is 0.823. The van der Waals surface area contributed by atoms with Crippen molar-refractivity contribution in [3.63, 3.8) is 0 Å². The van der Waals surface area contributed by atoms with Gasteiger partial charge in [-0.3, -0.25) is 14.6 Å². The summed E-state index contributed by atoms with van der Waals surface area (Å²) in [5.41, 5.74) is 5.94. The third-order valence-electron chi connectivity index (χ3n) is 6.28. The van der Waals surface area contributed by atoms with Crippen LogP contribution in [-0.4, -0.2) is 72.3 Å². The van der Waals surface area contributed by atoms with Gasteiger partial charge in [0.15, 0.2) is 11.5 Å². The van der Waals surface area contributed by atoms with Gasteiger partial charge in [-0.15, -0.1) is 10.2 Å². The Balaban J connectivity index is 1.22. The number of benzene rings is 1. The van der Waals surface area contributed by atoms with E-state index in [2.05, 4.69) is 60.7 Å². The molecular formula is C25H26N8O. The Kier molecular flexibility index (Phi) is 5.48. The molecule has 0 unspecified atom stereocenters. The summed E-state index contributed by atoms with van der Waals surface area (Å²) in [7, 11) is 0. The van der Waals surface area contributed by atoms with E-state index < -0.39 is 0 Å².